The molecule has 0 aromatic rings. The highest BCUT2D eigenvalue weighted by molar-refractivity contribution is 4.91. The Balaban J connectivity index is 3.21. The molecule has 38 valence electrons. The highest BCUT2D eigenvalue weighted by Crippen LogP contribution is 1.82. The van der Waals surface area contributed by atoms with Crippen molar-refractivity contribution < 1.29 is 0 Å². The monoisotopic (exact) mass is 96.1 g/mol. The molecule has 0 saturated carbocycles. The van der Waals surface area contributed by atoms with Crippen molar-refractivity contribution in [2.75, 3.05) is 0 Å². The average molecular weight is 96.1 g/mol. The zero-order chi connectivity index (χ0) is 5.70. The van der Waals surface area contributed by atoms with Crippen LogP contribution in [0.1, 0.15) is 6.42 Å². The molecule has 0 fully saturated rings. The maximum atomic E-state index is 8.04. The molecule has 0 aromatic heterocycles. The Morgan fingerprint density at radius 2 is 2.57 bits per heavy atom. The SMILES string of the molecule is C=CC[C@@H](N)C#N. The Morgan fingerprint density at radius 1 is 2.00 bits per heavy atom. The fourth-order valence-electron chi connectivity index (χ4n) is 0.232. The van der Waals surface area contributed by atoms with Crippen LogP contribution < -0.4 is 5.73 Å². The Morgan fingerprint density at radius 3 is 2.71 bits per heavy atom. The summed E-state index contributed by atoms with van der Waals surface area (Å²) in [5.74, 6) is 0. The summed E-state index contributed by atoms with van der Waals surface area (Å²) in [6.45, 7) is 3.42. The predicted octanol–water partition coefficient (Wildman–Crippen LogP) is 0.413. The van der Waals surface area contributed by atoms with E-state index in [4.69, 9.17) is 11.0 Å². The van der Waals surface area contributed by atoms with Gasteiger partial charge in [0.15, 0.2) is 0 Å². The number of hydrogen-bond donors (Lipinski definition) is 1. The predicted molar refractivity (Wildman–Crippen MR) is 28.4 cm³/mol. The van der Waals surface area contributed by atoms with Crippen molar-refractivity contribution in [1.29, 1.82) is 5.26 Å². The van der Waals surface area contributed by atoms with Crippen LogP contribution in [0, 0.1) is 11.3 Å². The molecule has 1 atom stereocenters. The molecule has 0 aliphatic carbocycles. The van der Waals surface area contributed by atoms with Crippen molar-refractivity contribution >= 4 is 0 Å². The summed E-state index contributed by atoms with van der Waals surface area (Å²) in [4.78, 5) is 0. The second-order valence-corrected chi connectivity index (χ2v) is 1.26. The van der Waals surface area contributed by atoms with E-state index in [1.54, 1.807) is 6.08 Å². The molecule has 0 aromatic carbocycles. The molecule has 0 heterocycles. The van der Waals surface area contributed by atoms with Gasteiger partial charge in [-0.25, -0.2) is 0 Å². The molecule has 2 nitrogen and oxygen atoms in total. The van der Waals surface area contributed by atoms with Gasteiger partial charge in [0.25, 0.3) is 0 Å². The van der Waals surface area contributed by atoms with Gasteiger partial charge in [-0.1, -0.05) is 6.08 Å². The van der Waals surface area contributed by atoms with Crippen molar-refractivity contribution in [3.63, 3.8) is 0 Å². The van der Waals surface area contributed by atoms with Crippen LogP contribution in [0.25, 0.3) is 0 Å². The van der Waals surface area contributed by atoms with Gasteiger partial charge in [-0.2, -0.15) is 5.26 Å². The number of nitriles is 1. The first kappa shape index (κ1) is 6.19. The Bertz CT molecular complexity index is 90.7. The number of nitrogens with two attached hydrogens (primary N) is 1. The van der Waals surface area contributed by atoms with E-state index < -0.39 is 0 Å². The first-order valence-corrected chi connectivity index (χ1v) is 2.07. The molecule has 0 rings (SSSR count). The van der Waals surface area contributed by atoms with E-state index in [0.29, 0.717) is 6.42 Å². The minimum atomic E-state index is -0.363. The summed E-state index contributed by atoms with van der Waals surface area (Å²) in [7, 11) is 0. The number of nitrogens with zero attached hydrogens (tertiary/aromatic N) is 1. The largest absolute Gasteiger partial charge is 0.316 e. The summed E-state index contributed by atoms with van der Waals surface area (Å²) in [5.41, 5.74) is 5.15. The summed E-state index contributed by atoms with van der Waals surface area (Å²) >= 11 is 0. The van der Waals surface area contributed by atoms with Gasteiger partial charge in [0.05, 0.1) is 12.1 Å². The molecular formula is C5H8N2. The quantitative estimate of drug-likeness (QED) is 0.506. The van der Waals surface area contributed by atoms with Crippen LogP contribution in [-0.2, 0) is 0 Å². The van der Waals surface area contributed by atoms with Crippen LogP contribution in [0.2, 0.25) is 0 Å². The topological polar surface area (TPSA) is 49.8 Å². The van der Waals surface area contributed by atoms with Gasteiger partial charge in [0.2, 0.25) is 0 Å². The minimum Gasteiger partial charge on any atom is -0.316 e. The molecule has 2 heteroatoms. The average Bonchev–Trinajstić information content (AvgIpc) is 1.68. The van der Waals surface area contributed by atoms with Crippen LogP contribution in [0.3, 0.4) is 0 Å². The molecule has 0 bridgehead atoms. The lowest BCUT2D eigenvalue weighted by atomic mass is 10.2. The fraction of sp³-hybridized carbons (Fsp3) is 0.400. The fourth-order valence-corrected chi connectivity index (χ4v) is 0.232. The van der Waals surface area contributed by atoms with Gasteiger partial charge in [0.1, 0.15) is 0 Å². The molecule has 7 heavy (non-hydrogen) atoms. The third kappa shape index (κ3) is 3.01. The molecule has 0 saturated heterocycles. The summed E-state index contributed by atoms with van der Waals surface area (Å²) in [5, 5.41) is 8.04. The van der Waals surface area contributed by atoms with Gasteiger partial charge in [-0.3, -0.25) is 0 Å². The zero-order valence-corrected chi connectivity index (χ0v) is 4.09. The van der Waals surface area contributed by atoms with Crippen molar-refractivity contribution in [3.05, 3.63) is 12.7 Å². The molecule has 0 aliphatic heterocycles. The third-order valence-electron chi connectivity index (χ3n) is 0.586. The first-order valence-electron chi connectivity index (χ1n) is 2.07. The van der Waals surface area contributed by atoms with Crippen LogP contribution in [0.4, 0.5) is 0 Å². The second-order valence-electron chi connectivity index (χ2n) is 1.26. The van der Waals surface area contributed by atoms with E-state index in [1.807, 2.05) is 6.07 Å². The summed E-state index contributed by atoms with van der Waals surface area (Å²) in [6, 6.07) is 1.51. The highest BCUT2D eigenvalue weighted by atomic mass is 14.6. The zero-order valence-electron chi connectivity index (χ0n) is 4.09. The number of rotatable bonds is 2. The number of hydrogen-bond acceptors (Lipinski definition) is 2. The first-order chi connectivity index (χ1) is 3.31. The lowest BCUT2D eigenvalue weighted by Gasteiger charge is -1.90. The smallest absolute Gasteiger partial charge is 0.0962 e. The normalized spacial score (nSPS) is 12.0. The molecule has 0 radical (unpaired) electrons. The maximum absolute atomic E-state index is 8.04. The van der Waals surface area contributed by atoms with Gasteiger partial charge >= 0.3 is 0 Å². The van der Waals surface area contributed by atoms with Crippen molar-refractivity contribution in [2.24, 2.45) is 5.73 Å². The van der Waals surface area contributed by atoms with Crippen LogP contribution in [0.5, 0.6) is 0 Å². The van der Waals surface area contributed by atoms with E-state index in [0.717, 1.165) is 0 Å². The van der Waals surface area contributed by atoms with E-state index >= 15 is 0 Å². The second kappa shape index (κ2) is 3.38. The minimum absolute atomic E-state index is 0.363. The van der Waals surface area contributed by atoms with Gasteiger partial charge < -0.3 is 5.73 Å². The summed E-state index contributed by atoms with van der Waals surface area (Å²) < 4.78 is 0. The molecule has 0 spiro atoms. The molecule has 2 N–H and O–H groups in total. The van der Waals surface area contributed by atoms with Crippen molar-refractivity contribution in [3.8, 4) is 6.07 Å². The molecular weight excluding hydrogens is 88.1 g/mol. The lowest BCUT2D eigenvalue weighted by Crippen LogP contribution is -2.15. The van der Waals surface area contributed by atoms with Crippen LogP contribution in [0.15, 0.2) is 12.7 Å². The summed E-state index contributed by atoms with van der Waals surface area (Å²) in [6.07, 6.45) is 2.21. The van der Waals surface area contributed by atoms with E-state index in [1.165, 1.54) is 0 Å². The highest BCUT2D eigenvalue weighted by Gasteiger charge is 1.90. The van der Waals surface area contributed by atoms with E-state index in [2.05, 4.69) is 6.58 Å². The Hall–Kier alpha value is -0.810. The Kier molecular flexibility index (Phi) is 2.99. The molecule has 0 amide bonds. The molecule has 0 aliphatic rings. The van der Waals surface area contributed by atoms with E-state index in [9.17, 15) is 0 Å². The van der Waals surface area contributed by atoms with Crippen molar-refractivity contribution in [1.82, 2.24) is 0 Å². The standard InChI is InChI=1S/C5H8N2/c1-2-3-5(7)4-6/h2,5H,1,3,7H2/t5-/m1/s1. The third-order valence-corrected chi connectivity index (χ3v) is 0.586. The lowest BCUT2D eigenvalue weighted by molar-refractivity contribution is 0.849. The van der Waals surface area contributed by atoms with Gasteiger partial charge in [-0.15, -0.1) is 6.58 Å². The maximum Gasteiger partial charge on any atom is 0.0962 e. The van der Waals surface area contributed by atoms with Gasteiger partial charge in [0, 0.05) is 0 Å². The Labute approximate surface area is 43.2 Å². The van der Waals surface area contributed by atoms with Crippen molar-refractivity contribution in [2.45, 2.75) is 12.5 Å². The van der Waals surface area contributed by atoms with E-state index in [-0.39, 0.29) is 6.04 Å². The van der Waals surface area contributed by atoms with Crippen LogP contribution >= 0.6 is 0 Å². The van der Waals surface area contributed by atoms with Gasteiger partial charge in [-0.05, 0) is 6.42 Å². The molecule has 0 unspecified atom stereocenters. The van der Waals surface area contributed by atoms with Crippen LogP contribution in [-0.4, -0.2) is 6.04 Å².